The van der Waals surface area contributed by atoms with Gasteiger partial charge in [0.25, 0.3) is 5.91 Å². The lowest BCUT2D eigenvalue weighted by Gasteiger charge is -2.13. The van der Waals surface area contributed by atoms with Crippen LogP contribution >= 0.6 is 0 Å². The highest BCUT2D eigenvalue weighted by Gasteiger charge is 2.25. The summed E-state index contributed by atoms with van der Waals surface area (Å²) in [5, 5.41) is 5.79. The van der Waals surface area contributed by atoms with E-state index in [1.165, 1.54) is 6.07 Å². The number of fused-ring (bicyclic) bond motifs is 1. The zero-order valence-corrected chi connectivity index (χ0v) is 16.8. The Hall–Kier alpha value is -4.34. The van der Waals surface area contributed by atoms with E-state index < -0.39 is 11.9 Å². The number of nitrogens with one attached hydrogen (secondary N) is 2. The molecule has 0 spiro atoms. The Morgan fingerprint density at radius 1 is 1.06 bits per heavy atom. The summed E-state index contributed by atoms with van der Waals surface area (Å²) in [4.78, 5) is 32.3. The number of carbonyl (C=O) groups is 2. The lowest BCUT2D eigenvalue weighted by molar-refractivity contribution is -0.119. The Morgan fingerprint density at radius 3 is 2.59 bits per heavy atom. The van der Waals surface area contributed by atoms with Gasteiger partial charge in [-0.3, -0.25) is 9.59 Å². The van der Waals surface area contributed by atoms with Crippen LogP contribution in [0.15, 0.2) is 48.5 Å². The molecular formula is C22H19N5O5. The van der Waals surface area contributed by atoms with Gasteiger partial charge in [0.05, 0.1) is 0 Å². The van der Waals surface area contributed by atoms with Crippen molar-refractivity contribution in [1.82, 2.24) is 15.3 Å². The predicted octanol–water partition coefficient (Wildman–Crippen LogP) is 2.06. The van der Waals surface area contributed by atoms with Crippen molar-refractivity contribution in [3.63, 3.8) is 0 Å². The molecule has 0 radical (unpaired) electrons. The van der Waals surface area contributed by atoms with Gasteiger partial charge in [0.15, 0.2) is 17.3 Å². The Morgan fingerprint density at radius 2 is 1.84 bits per heavy atom. The van der Waals surface area contributed by atoms with E-state index in [1.54, 1.807) is 42.5 Å². The maximum Gasteiger partial charge on any atom is 0.267 e. The number of ether oxygens (including phenoxy) is 3. The maximum atomic E-state index is 11.9. The molecule has 0 unspecified atom stereocenters. The van der Waals surface area contributed by atoms with Crippen molar-refractivity contribution in [3.05, 3.63) is 54.2 Å². The molecule has 5 rings (SSSR count). The van der Waals surface area contributed by atoms with Crippen LogP contribution < -0.4 is 30.6 Å². The molecule has 0 saturated carbocycles. The minimum absolute atomic E-state index is 0.0524. The normalized spacial score (nSPS) is 16.5. The van der Waals surface area contributed by atoms with Gasteiger partial charge in [0, 0.05) is 24.2 Å². The number of amides is 2. The van der Waals surface area contributed by atoms with Crippen LogP contribution in [0.5, 0.6) is 23.0 Å². The van der Waals surface area contributed by atoms with Crippen LogP contribution in [0.1, 0.15) is 16.9 Å². The minimum Gasteiger partial charge on any atom is -0.457 e. The Labute approximate surface area is 182 Å². The number of hydrogen-bond acceptors (Lipinski definition) is 8. The molecule has 2 aliphatic heterocycles. The van der Waals surface area contributed by atoms with Crippen LogP contribution in [0.3, 0.4) is 0 Å². The average Bonchev–Trinajstić information content (AvgIpc) is 3.42. The van der Waals surface area contributed by atoms with Crippen molar-refractivity contribution in [2.24, 2.45) is 5.73 Å². The number of nitrogens with two attached hydrogens (primary N) is 1. The highest BCUT2D eigenvalue weighted by molar-refractivity contribution is 5.92. The smallest absolute Gasteiger partial charge is 0.267 e. The van der Waals surface area contributed by atoms with Crippen LogP contribution in [-0.2, 0) is 4.79 Å². The van der Waals surface area contributed by atoms with Gasteiger partial charge in [-0.15, -0.1) is 0 Å². The molecule has 4 N–H and O–H groups in total. The topological polar surface area (TPSA) is 138 Å². The summed E-state index contributed by atoms with van der Waals surface area (Å²) in [7, 11) is 0. The first-order chi connectivity index (χ1) is 15.5. The second-order valence-electron chi connectivity index (χ2n) is 7.24. The number of primary amides is 1. The van der Waals surface area contributed by atoms with E-state index in [2.05, 4.69) is 20.6 Å². The van der Waals surface area contributed by atoms with Crippen LogP contribution in [0, 0.1) is 0 Å². The molecule has 2 amide bonds. The number of carbonyl (C=O) groups excluding carboxylic acids is 2. The van der Waals surface area contributed by atoms with E-state index >= 15 is 0 Å². The first-order valence-corrected chi connectivity index (χ1v) is 9.96. The molecule has 32 heavy (non-hydrogen) atoms. The lowest BCUT2D eigenvalue weighted by Crippen LogP contribution is -2.30. The third-order valence-electron chi connectivity index (χ3n) is 5.04. The largest absolute Gasteiger partial charge is 0.457 e. The van der Waals surface area contributed by atoms with Crippen molar-refractivity contribution in [3.8, 4) is 34.4 Å². The Kier molecular flexibility index (Phi) is 4.94. The molecule has 3 heterocycles. The first kappa shape index (κ1) is 19.6. The standard InChI is InChI=1S/C22H19N5O5/c23-20(28)16-10-19(25-15-7-8-24-22(15)29)27-21(26-16)12-1-3-13(4-2-12)32-14-5-6-17-18(9-14)31-11-30-17/h1-6,9-10,15H,7-8,11H2,(H2,23,28)(H,24,29)(H,25,26,27)/t15-/m0/s1. The van der Waals surface area contributed by atoms with E-state index in [-0.39, 0.29) is 18.4 Å². The molecule has 1 fully saturated rings. The fourth-order valence-electron chi connectivity index (χ4n) is 3.44. The molecule has 3 aromatic rings. The highest BCUT2D eigenvalue weighted by atomic mass is 16.7. The van der Waals surface area contributed by atoms with Gasteiger partial charge in [-0.2, -0.15) is 0 Å². The van der Waals surface area contributed by atoms with Gasteiger partial charge < -0.3 is 30.6 Å². The molecule has 10 nitrogen and oxygen atoms in total. The average molecular weight is 433 g/mol. The summed E-state index contributed by atoms with van der Waals surface area (Å²) in [6, 6.07) is 13.4. The summed E-state index contributed by atoms with van der Waals surface area (Å²) < 4.78 is 16.5. The zero-order valence-electron chi connectivity index (χ0n) is 16.8. The van der Waals surface area contributed by atoms with Crippen molar-refractivity contribution < 1.29 is 23.8 Å². The van der Waals surface area contributed by atoms with Crippen LogP contribution in [0.2, 0.25) is 0 Å². The van der Waals surface area contributed by atoms with E-state index in [0.29, 0.717) is 53.2 Å². The quantitative estimate of drug-likeness (QED) is 0.537. The van der Waals surface area contributed by atoms with Crippen LogP contribution in [-0.4, -0.2) is 41.2 Å². The number of rotatable bonds is 6. The zero-order chi connectivity index (χ0) is 22.1. The number of benzene rings is 2. The second-order valence-corrected chi connectivity index (χ2v) is 7.24. The number of nitrogens with zero attached hydrogens (tertiary/aromatic N) is 2. The van der Waals surface area contributed by atoms with E-state index in [0.717, 1.165) is 0 Å². The molecule has 1 atom stereocenters. The highest BCUT2D eigenvalue weighted by Crippen LogP contribution is 2.36. The number of aromatic nitrogens is 2. The molecule has 2 aromatic carbocycles. The maximum absolute atomic E-state index is 11.9. The van der Waals surface area contributed by atoms with Gasteiger partial charge in [0.2, 0.25) is 12.7 Å². The van der Waals surface area contributed by atoms with Gasteiger partial charge in [0.1, 0.15) is 29.1 Å². The molecule has 0 bridgehead atoms. The van der Waals surface area contributed by atoms with Gasteiger partial charge >= 0.3 is 0 Å². The Balaban J connectivity index is 1.37. The number of hydrogen-bond donors (Lipinski definition) is 3. The SMILES string of the molecule is NC(=O)c1cc(N[C@H]2CCNC2=O)nc(-c2ccc(Oc3ccc4c(c3)OCO4)cc2)n1. The molecular weight excluding hydrogens is 414 g/mol. The first-order valence-electron chi connectivity index (χ1n) is 9.96. The van der Waals surface area contributed by atoms with Gasteiger partial charge in [-0.1, -0.05) is 0 Å². The van der Waals surface area contributed by atoms with Crippen molar-refractivity contribution in [2.45, 2.75) is 12.5 Å². The van der Waals surface area contributed by atoms with Crippen molar-refractivity contribution in [1.29, 1.82) is 0 Å². The van der Waals surface area contributed by atoms with Crippen LogP contribution in [0.4, 0.5) is 5.82 Å². The summed E-state index contributed by atoms with van der Waals surface area (Å²) in [5.74, 6) is 2.37. The summed E-state index contributed by atoms with van der Waals surface area (Å²) in [6.07, 6.45) is 0.621. The third-order valence-corrected chi connectivity index (χ3v) is 5.04. The number of anilines is 1. The molecule has 1 saturated heterocycles. The molecule has 162 valence electrons. The third kappa shape index (κ3) is 3.97. The fourth-order valence-corrected chi connectivity index (χ4v) is 3.44. The molecule has 0 aliphatic carbocycles. The molecule has 1 aromatic heterocycles. The molecule has 10 heteroatoms. The lowest BCUT2D eigenvalue weighted by atomic mass is 10.2. The van der Waals surface area contributed by atoms with E-state index in [1.807, 2.05) is 0 Å². The summed E-state index contributed by atoms with van der Waals surface area (Å²) >= 11 is 0. The van der Waals surface area contributed by atoms with E-state index in [9.17, 15) is 9.59 Å². The predicted molar refractivity (Wildman–Crippen MR) is 114 cm³/mol. The minimum atomic E-state index is -0.685. The summed E-state index contributed by atoms with van der Waals surface area (Å²) in [5.41, 5.74) is 6.15. The monoisotopic (exact) mass is 433 g/mol. The van der Waals surface area contributed by atoms with Crippen molar-refractivity contribution >= 4 is 17.6 Å². The fraction of sp³-hybridized carbons (Fsp3) is 0.182. The van der Waals surface area contributed by atoms with E-state index in [4.69, 9.17) is 19.9 Å². The second kappa shape index (κ2) is 8.06. The van der Waals surface area contributed by atoms with Gasteiger partial charge in [-0.25, -0.2) is 9.97 Å². The molecule has 2 aliphatic rings. The van der Waals surface area contributed by atoms with Gasteiger partial charge in [-0.05, 0) is 42.8 Å². The van der Waals surface area contributed by atoms with Crippen LogP contribution in [0.25, 0.3) is 11.4 Å². The Bertz CT molecular complexity index is 1200. The van der Waals surface area contributed by atoms with Crippen molar-refractivity contribution in [2.75, 3.05) is 18.7 Å². The summed E-state index contributed by atoms with van der Waals surface area (Å²) in [6.45, 7) is 0.780.